The zero-order valence-electron chi connectivity index (χ0n) is 20.3. The predicted molar refractivity (Wildman–Crippen MR) is 137 cm³/mol. The number of amides is 2. The van der Waals surface area contributed by atoms with Crippen LogP contribution in [0.2, 0.25) is 0 Å². The van der Waals surface area contributed by atoms with Gasteiger partial charge in [0.1, 0.15) is 5.01 Å². The van der Waals surface area contributed by atoms with Crippen LogP contribution in [0, 0.1) is 17.8 Å². The van der Waals surface area contributed by atoms with E-state index in [1.54, 1.807) is 11.3 Å². The molecule has 6 rings (SSSR count). The van der Waals surface area contributed by atoms with Gasteiger partial charge in [-0.25, -0.2) is 9.88 Å². The third-order valence-electron chi connectivity index (χ3n) is 7.89. The number of aryl methyl sites for hydroxylation is 1. The number of thiazole rings is 1. The molecule has 34 heavy (non-hydrogen) atoms. The molecule has 176 valence electrons. The molecule has 1 saturated carbocycles. The summed E-state index contributed by atoms with van der Waals surface area (Å²) in [5.74, 6) is -0.161. The van der Waals surface area contributed by atoms with Crippen molar-refractivity contribution in [2.75, 3.05) is 11.4 Å². The maximum Gasteiger partial charge on any atom is 0.251 e. The number of benzene rings is 2. The van der Waals surface area contributed by atoms with E-state index >= 15 is 0 Å². The number of likely N-dealkylation sites (tertiary alicyclic amines) is 1. The summed E-state index contributed by atoms with van der Waals surface area (Å²) in [7, 11) is 0. The van der Waals surface area contributed by atoms with E-state index in [0.717, 1.165) is 35.5 Å². The van der Waals surface area contributed by atoms with Crippen molar-refractivity contribution >= 4 is 39.1 Å². The van der Waals surface area contributed by atoms with E-state index in [0.29, 0.717) is 11.7 Å². The highest BCUT2D eigenvalue weighted by molar-refractivity contribution is 7.21. The molecule has 0 unspecified atom stereocenters. The molecule has 6 heteroatoms. The highest BCUT2D eigenvalue weighted by Crippen LogP contribution is 2.53. The van der Waals surface area contributed by atoms with Crippen molar-refractivity contribution in [2.24, 2.45) is 10.8 Å². The molecule has 2 saturated heterocycles. The molecule has 0 N–H and O–H groups in total. The van der Waals surface area contributed by atoms with E-state index in [9.17, 15) is 9.59 Å². The summed E-state index contributed by atoms with van der Waals surface area (Å²) in [6, 6.07) is 14.1. The third kappa shape index (κ3) is 3.59. The lowest BCUT2D eigenvalue weighted by atomic mass is 9.65. The van der Waals surface area contributed by atoms with E-state index in [1.807, 2.05) is 24.3 Å². The number of carbonyl (C=O) groups excluding carboxylic acids is 2. The van der Waals surface area contributed by atoms with Crippen LogP contribution in [-0.4, -0.2) is 40.3 Å². The summed E-state index contributed by atoms with van der Waals surface area (Å²) >= 11 is 1.66. The van der Waals surface area contributed by atoms with Crippen molar-refractivity contribution < 1.29 is 9.59 Å². The molecule has 3 fully saturated rings. The Hall–Kier alpha value is -2.57. The molecule has 3 heterocycles. The average Bonchev–Trinajstić information content (AvgIpc) is 3.38. The summed E-state index contributed by atoms with van der Waals surface area (Å²) in [5, 5.41) is 0.948. The number of imide groups is 1. The lowest BCUT2D eigenvalue weighted by Gasteiger charge is -2.40. The van der Waals surface area contributed by atoms with E-state index in [4.69, 9.17) is 4.98 Å². The van der Waals surface area contributed by atoms with E-state index in [1.165, 1.54) is 21.6 Å². The second-order valence-electron chi connectivity index (χ2n) is 11.7. The second-order valence-corrected chi connectivity index (χ2v) is 12.7. The number of hydrogen-bond donors (Lipinski definition) is 0. The van der Waals surface area contributed by atoms with Gasteiger partial charge in [-0.15, -0.1) is 11.3 Å². The molecular weight excluding hydrogens is 442 g/mol. The Kier molecular flexibility index (Phi) is 4.81. The lowest BCUT2D eigenvalue weighted by molar-refractivity contribution is -0.123. The molecule has 5 nitrogen and oxygen atoms in total. The van der Waals surface area contributed by atoms with Gasteiger partial charge in [-0.2, -0.15) is 0 Å². The monoisotopic (exact) mass is 473 g/mol. The Labute approximate surface area is 204 Å². The quantitative estimate of drug-likeness (QED) is 0.451. The highest BCUT2D eigenvalue weighted by atomic mass is 32.1. The Morgan fingerprint density at radius 2 is 1.79 bits per heavy atom. The summed E-state index contributed by atoms with van der Waals surface area (Å²) < 4.78 is 1.17. The van der Waals surface area contributed by atoms with Crippen LogP contribution in [-0.2, 0) is 9.59 Å². The molecule has 2 bridgehead atoms. The Morgan fingerprint density at radius 3 is 2.56 bits per heavy atom. The van der Waals surface area contributed by atoms with Crippen LogP contribution in [0.3, 0.4) is 0 Å². The molecule has 0 radical (unpaired) electrons. The van der Waals surface area contributed by atoms with Crippen molar-refractivity contribution in [1.29, 1.82) is 0 Å². The van der Waals surface area contributed by atoms with Gasteiger partial charge in [-0.05, 0) is 79.0 Å². The van der Waals surface area contributed by atoms with Gasteiger partial charge < -0.3 is 0 Å². The number of nitrogens with zero attached hydrogens (tertiary/aromatic N) is 3. The van der Waals surface area contributed by atoms with Crippen molar-refractivity contribution in [3.8, 4) is 10.6 Å². The number of hydrogen-bond acceptors (Lipinski definition) is 5. The highest BCUT2D eigenvalue weighted by Gasteiger charge is 2.55. The first kappa shape index (κ1) is 21.9. The fraction of sp³-hybridized carbons (Fsp3) is 0.464. The van der Waals surface area contributed by atoms with Crippen molar-refractivity contribution in [3.05, 3.63) is 48.0 Å². The van der Waals surface area contributed by atoms with Crippen LogP contribution < -0.4 is 4.90 Å². The predicted octanol–water partition coefficient (Wildman–Crippen LogP) is 5.80. The molecule has 3 aliphatic rings. The van der Waals surface area contributed by atoms with E-state index < -0.39 is 0 Å². The largest absolute Gasteiger partial charge is 0.288 e. The number of carbonyl (C=O) groups is 2. The van der Waals surface area contributed by atoms with Crippen molar-refractivity contribution in [1.82, 2.24) is 9.88 Å². The van der Waals surface area contributed by atoms with Gasteiger partial charge in [-0.3, -0.25) is 14.5 Å². The minimum absolute atomic E-state index is 0.0674. The minimum Gasteiger partial charge on any atom is -0.288 e. The van der Waals surface area contributed by atoms with Gasteiger partial charge in [0.15, 0.2) is 0 Å². The number of aromatic nitrogens is 1. The van der Waals surface area contributed by atoms with Crippen LogP contribution in [0.25, 0.3) is 20.8 Å². The molecule has 3 aromatic rings. The summed E-state index contributed by atoms with van der Waals surface area (Å²) in [6.07, 6.45) is 3.69. The van der Waals surface area contributed by atoms with Crippen LogP contribution in [0.1, 0.15) is 52.0 Å². The SMILES string of the molecule is Cc1ccc2nc(-c3ccc(N4C(=O)C[C@@H](N5C[C@]6(C)C[C@@H]5CC(C)(C)C6)C4=O)cc3)sc2c1. The maximum absolute atomic E-state index is 13.5. The van der Waals surface area contributed by atoms with Gasteiger partial charge in [0.2, 0.25) is 5.91 Å². The van der Waals surface area contributed by atoms with Gasteiger partial charge in [0.25, 0.3) is 5.91 Å². The summed E-state index contributed by atoms with van der Waals surface area (Å²) in [4.78, 5) is 35.1. The van der Waals surface area contributed by atoms with Gasteiger partial charge >= 0.3 is 0 Å². The minimum atomic E-state index is -0.333. The Morgan fingerprint density at radius 1 is 1.03 bits per heavy atom. The number of fused-ring (bicyclic) bond motifs is 3. The van der Waals surface area contributed by atoms with Crippen molar-refractivity contribution in [3.63, 3.8) is 0 Å². The number of rotatable bonds is 3. The second kappa shape index (κ2) is 7.46. The van der Waals surface area contributed by atoms with E-state index in [-0.39, 0.29) is 35.1 Å². The fourth-order valence-electron chi connectivity index (χ4n) is 6.92. The van der Waals surface area contributed by atoms with Crippen LogP contribution in [0.5, 0.6) is 0 Å². The lowest BCUT2D eigenvalue weighted by Crippen LogP contribution is -2.45. The Bertz CT molecular complexity index is 1310. The number of anilines is 1. The first-order valence-corrected chi connectivity index (χ1v) is 13.0. The third-order valence-corrected chi connectivity index (χ3v) is 8.96. The topological polar surface area (TPSA) is 53.5 Å². The maximum atomic E-state index is 13.5. The molecule has 3 atom stereocenters. The van der Waals surface area contributed by atoms with Crippen molar-refractivity contribution in [2.45, 2.75) is 65.5 Å². The molecule has 1 aliphatic carbocycles. The first-order valence-electron chi connectivity index (χ1n) is 12.2. The first-order chi connectivity index (χ1) is 16.1. The normalized spacial score (nSPS) is 28.9. The summed E-state index contributed by atoms with van der Waals surface area (Å²) in [5.41, 5.74) is 4.40. The molecule has 0 spiro atoms. The molecular formula is C28H31N3O2S. The Balaban J connectivity index is 1.24. The summed E-state index contributed by atoms with van der Waals surface area (Å²) in [6.45, 7) is 10.0. The molecule has 2 aromatic carbocycles. The van der Waals surface area contributed by atoms with Crippen LogP contribution >= 0.6 is 11.3 Å². The van der Waals surface area contributed by atoms with E-state index in [2.05, 4.69) is 50.8 Å². The average molecular weight is 474 g/mol. The smallest absolute Gasteiger partial charge is 0.251 e. The van der Waals surface area contributed by atoms with Crippen LogP contribution in [0.4, 0.5) is 5.69 Å². The standard InChI is InChI=1S/C28H31N3O2S/c1-17-5-10-21-23(11-17)34-25(29-21)18-6-8-19(9-7-18)31-24(32)12-22(26(31)33)30-16-28(4)14-20(30)13-27(2,3)15-28/h5-11,20,22H,12-16H2,1-4H3/t20-,22+,28+/m0/s1. The molecule has 1 aromatic heterocycles. The fourth-order valence-corrected chi connectivity index (χ4v) is 7.99. The van der Waals surface area contributed by atoms with Gasteiger partial charge in [0.05, 0.1) is 28.4 Å². The zero-order valence-corrected chi connectivity index (χ0v) is 21.1. The molecule has 2 amide bonds. The van der Waals surface area contributed by atoms with Gasteiger partial charge in [0, 0.05) is 18.2 Å². The molecule has 2 aliphatic heterocycles. The zero-order chi connectivity index (χ0) is 23.8. The van der Waals surface area contributed by atoms with Crippen LogP contribution in [0.15, 0.2) is 42.5 Å². The van der Waals surface area contributed by atoms with Gasteiger partial charge in [-0.1, -0.05) is 26.8 Å².